The third kappa shape index (κ3) is 6.23. The average Bonchev–Trinajstić information content (AvgIpc) is 2.43. The number of ether oxygens (including phenoxy) is 1. The lowest BCUT2D eigenvalue weighted by atomic mass is 10.0. The molecular weight excluding hydrogens is 236 g/mol. The molecule has 104 valence electrons. The maximum atomic E-state index is 11.9. The van der Waals surface area contributed by atoms with E-state index in [1.165, 1.54) is 19.3 Å². The molecule has 0 aliphatic carbocycles. The van der Waals surface area contributed by atoms with E-state index in [2.05, 4.69) is 6.92 Å². The van der Waals surface area contributed by atoms with Crippen molar-refractivity contribution in [1.29, 1.82) is 0 Å². The Labute approximate surface area is 116 Å². The smallest absolute Gasteiger partial charge is 0.334 e. The molecular formula is C17H24O2. The van der Waals surface area contributed by atoms with Gasteiger partial charge in [0.1, 0.15) is 0 Å². The average molecular weight is 260 g/mol. The Hall–Kier alpha value is -1.57. The lowest BCUT2D eigenvalue weighted by Gasteiger charge is -2.07. The standard InChI is InChI=1S/C17H24O2/c1-3-5-6-10-13-16(17(18)19-4-2)14-15-11-8-7-9-12-15/h7-9,11-12,14H,3-6,10,13H2,1-2H3. The maximum absolute atomic E-state index is 11.9. The molecule has 1 aromatic carbocycles. The minimum absolute atomic E-state index is 0.178. The lowest BCUT2D eigenvalue weighted by Crippen LogP contribution is -2.07. The number of hydrogen-bond acceptors (Lipinski definition) is 2. The molecule has 0 heterocycles. The van der Waals surface area contributed by atoms with Gasteiger partial charge in [-0.1, -0.05) is 56.5 Å². The van der Waals surface area contributed by atoms with Gasteiger partial charge in [-0.15, -0.1) is 0 Å². The zero-order valence-electron chi connectivity index (χ0n) is 12.0. The number of rotatable bonds is 8. The largest absolute Gasteiger partial charge is 0.463 e. The molecule has 0 aliphatic heterocycles. The fourth-order valence-electron chi connectivity index (χ4n) is 1.95. The van der Waals surface area contributed by atoms with E-state index in [9.17, 15) is 4.79 Å². The van der Waals surface area contributed by atoms with Gasteiger partial charge >= 0.3 is 5.97 Å². The Morgan fingerprint density at radius 3 is 2.47 bits per heavy atom. The minimum Gasteiger partial charge on any atom is -0.463 e. The molecule has 0 saturated heterocycles. The van der Waals surface area contributed by atoms with Crippen LogP contribution in [0.4, 0.5) is 0 Å². The number of esters is 1. The Kier molecular flexibility index (Phi) is 7.64. The number of unbranched alkanes of at least 4 members (excludes halogenated alkanes) is 3. The van der Waals surface area contributed by atoms with E-state index in [-0.39, 0.29) is 5.97 Å². The van der Waals surface area contributed by atoms with E-state index >= 15 is 0 Å². The summed E-state index contributed by atoms with van der Waals surface area (Å²) < 4.78 is 5.13. The van der Waals surface area contributed by atoms with Crippen LogP contribution in [0.2, 0.25) is 0 Å². The highest BCUT2D eigenvalue weighted by molar-refractivity contribution is 5.93. The number of hydrogen-bond donors (Lipinski definition) is 0. The van der Waals surface area contributed by atoms with Crippen LogP contribution in [-0.4, -0.2) is 12.6 Å². The highest BCUT2D eigenvalue weighted by Gasteiger charge is 2.10. The van der Waals surface area contributed by atoms with Crippen LogP contribution in [0, 0.1) is 0 Å². The minimum atomic E-state index is -0.178. The topological polar surface area (TPSA) is 26.3 Å². The molecule has 19 heavy (non-hydrogen) atoms. The summed E-state index contributed by atoms with van der Waals surface area (Å²) in [6, 6.07) is 9.94. The van der Waals surface area contributed by atoms with E-state index in [0.29, 0.717) is 6.61 Å². The van der Waals surface area contributed by atoms with Crippen molar-refractivity contribution in [2.45, 2.75) is 46.0 Å². The van der Waals surface area contributed by atoms with Crippen molar-refractivity contribution in [2.75, 3.05) is 6.61 Å². The first-order valence-electron chi connectivity index (χ1n) is 7.20. The van der Waals surface area contributed by atoms with Crippen LogP contribution in [0.5, 0.6) is 0 Å². The molecule has 0 fully saturated rings. The summed E-state index contributed by atoms with van der Waals surface area (Å²) in [5.41, 5.74) is 1.84. The Morgan fingerprint density at radius 1 is 1.11 bits per heavy atom. The number of carbonyl (C=O) groups is 1. The molecule has 2 nitrogen and oxygen atoms in total. The first-order valence-corrected chi connectivity index (χ1v) is 7.20. The summed E-state index contributed by atoms with van der Waals surface area (Å²) >= 11 is 0. The molecule has 0 bridgehead atoms. The molecule has 0 unspecified atom stereocenters. The van der Waals surface area contributed by atoms with Crippen LogP contribution in [0.1, 0.15) is 51.5 Å². The van der Waals surface area contributed by atoms with Crippen LogP contribution in [-0.2, 0) is 9.53 Å². The van der Waals surface area contributed by atoms with Gasteiger partial charge in [-0.3, -0.25) is 0 Å². The molecule has 0 amide bonds. The van der Waals surface area contributed by atoms with Crippen molar-refractivity contribution in [1.82, 2.24) is 0 Å². The molecule has 2 heteroatoms. The molecule has 1 aromatic rings. The van der Waals surface area contributed by atoms with Gasteiger partial charge in [0.25, 0.3) is 0 Å². The summed E-state index contributed by atoms with van der Waals surface area (Å²) in [4.78, 5) is 11.9. The van der Waals surface area contributed by atoms with Crippen LogP contribution in [0.3, 0.4) is 0 Å². The van der Waals surface area contributed by atoms with Crippen molar-refractivity contribution in [3.63, 3.8) is 0 Å². The van der Waals surface area contributed by atoms with Crippen LogP contribution >= 0.6 is 0 Å². The van der Waals surface area contributed by atoms with Crippen molar-refractivity contribution >= 4 is 12.0 Å². The molecule has 1 rings (SSSR count). The fraction of sp³-hybridized carbons (Fsp3) is 0.471. The second-order valence-corrected chi connectivity index (χ2v) is 4.61. The Balaban J connectivity index is 2.68. The molecule has 0 atom stereocenters. The predicted molar refractivity (Wildman–Crippen MR) is 79.8 cm³/mol. The first-order chi connectivity index (χ1) is 9.27. The van der Waals surface area contributed by atoms with Crippen molar-refractivity contribution in [3.05, 3.63) is 41.5 Å². The number of carbonyl (C=O) groups excluding carboxylic acids is 1. The van der Waals surface area contributed by atoms with Crippen LogP contribution < -0.4 is 0 Å². The van der Waals surface area contributed by atoms with Crippen LogP contribution in [0.25, 0.3) is 6.08 Å². The van der Waals surface area contributed by atoms with Gasteiger partial charge in [-0.2, -0.15) is 0 Å². The van der Waals surface area contributed by atoms with Gasteiger partial charge in [0.05, 0.1) is 6.61 Å². The van der Waals surface area contributed by atoms with Crippen LogP contribution in [0.15, 0.2) is 35.9 Å². The molecule has 0 N–H and O–H groups in total. The summed E-state index contributed by atoms with van der Waals surface area (Å²) in [5.74, 6) is -0.178. The highest BCUT2D eigenvalue weighted by atomic mass is 16.5. The summed E-state index contributed by atoms with van der Waals surface area (Å²) in [6.45, 7) is 4.46. The highest BCUT2D eigenvalue weighted by Crippen LogP contribution is 2.16. The van der Waals surface area contributed by atoms with Gasteiger partial charge in [0.15, 0.2) is 0 Å². The Morgan fingerprint density at radius 2 is 1.84 bits per heavy atom. The Bertz CT molecular complexity index is 393. The van der Waals surface area contributed by atoms with Gasteiger partial charge < -0.3 is 4.74 Å². The molecule has 0 radical (unpaired) electrons. The monoisotopic (exact) mass is 260 g/mol. The van der Waals surface area contributed by atoms with E-state index < -0.39 is 0 Å². The van der Waals surface area contributed by atoms with E-state index in [1.54, 1.807) is 0 Å². The third-order valence-corrected chi connectivity index (χ3v) is 2.98. The zero-order chi connectivity index (χ0) is 13.9. The van der Waals surface area contributed by atoms with Crippen molar-refractivity contribution < 1.29 is 9.53 Å². The van der Waals surface area contributed by atoms with Crippen molar-refractivity contribution in [3.8, 4) is 0 Å². The van der Waals surface area contributed by atoms with Gasteiger partial charge in [0, 0.05) is 5.57 Å². The van der Waals surface area contributed by atoms with E-state index in [4.69, 9.17) is 4.74 Å². The molecule has 0 spiro atoms. The zero-order valence-corrected chi connectivity index (χ0v) is 12.0. The van der Waals surface area contributed by atoms with Crippen molar-refractivity contribution in [2.24, 2.45) is 0 Å². The lowest BCUT2D eigenvalue weighted by molar-refractivity contribution is -0.138. The maximum Gasteiger partial charge on any atom is 0.334 e. The third-order valence-electron chi connectivity index (χ3n) is 2.98. The quantitative estimate of drug-likeness (QED) is 0.388. The van der Waals surface area contributed by atoms with Gasteiger partial charge in [0.2, 0.25) is 0 Å². The van der Waals surface area contributed by atoms with E-state index in [0.717, 1.165) is 24.0 Å². The predicted octanol–water partition coefficient (Wildman–Crippen LogP) is 4.60. The van der Waals surface area contributed by atoms with Gasteiger partial charge in [-0.05, 0) is 31.4 Å². The van der Waals surface area contributed by atoms with E-state index in [1.807, 2.05) is 43.3 Å². The molecule has 0 aromatic heterocycles. The number of benzene rings is 1. The summed E-state index contributed by atoms with van der Waals surface area (Å²) in [6.07, 6.45) is 7.39. The molecule has 0 saturated carbocycles. The first kappa shape index (κ1) is 15.5. The SMILES string of the molecule is CCCCCCC(=Cc1ccccc1)C(=O)OCC. The normalized spacial score (nSPS) is 11.4. The summed E-state index contributed by atoms with van der Waals surface area (Å²) in [5, 5.41) is 0. The fourth-order valence-corrected chi connectivity index (χ4v) is 1.95. The second-order valence-electron chi connectivity index (χ2n) is 4.61. The molecule has 0 aliphatic rings. The second kappa shape index (κ2) is 9.37. The van der Waals surface area contributed by atoms with Gasteiger partial charge in [-0.25, -0.2) is 4.79 Å². The summed E-state index contributed by atoms with van der Waals surface area (Å²) in [7, 11) is 0.